The molecule has 4 nitrogen and oxygen atoms in total. The summed E-state index contributed by atoms with van der Waals surface area (Å²) in [5.74, 6) is -5.08. The number of ketones is 1. The monoisotopic (exact) mass is 599 g/mol. The predicted octanol–water partition coefficient (Wildman–Crippen LogP) is 7.22. The minimum Gasteiger partial charge on any atom is -0.294 e. The smallest absolute Gasteiger partial charge is 0.294 e. The van der Waals surface area contributed by atoms with Crippen LogP contribution in [0.1, 0.15) is 47.2 Å². The second-order valence-electron chi connectivity index (χ2n) is 9.87. The summed E-state index contributed by atoms with van der Waals surface area (Å²) in [7, 11) is 0. The van der Waals surface area contributed by atoms with Gasteiger partial charge in [-0.1, -0.05) is 39.7 Å². The zero-order valence-corrected chi connectivity index (χ0v) is 21.2. The number of Topliss-reactive ketones (excluding diaryl/α,β-unsaturated/α-hetero) is 1. The van der Waals surface area contributed by atoms with Crippen molar-refractivity contribution in [2.75, 3.05) is 4.90 Å². The molecule has 2 aromatic carbocycles. The van der Waals surface area contributed by atoms with Gasteiger partial charge in [0.2, 0.25) is 11.8 Å². The lowest BCUT2D eigenvalue weighted by Crippen LogP contribution is -2.35. The highest BCUT2D eigenvalue weighted by Crippen LogP contribution is 2.52. The molecule has 0 bridgehead atoms. The SMILES string of the molecule is O=C(C[C@H]1C=C2CCC[C@H]2C2C(=O)N(c3cc(C(F)(F)F)cc(C(F)(F)F)c3)C(=O)C21)c1cccc(Br)c1. The van der Waals surface area contributed by atoms with Gasteiger partial charge in [0.1, 0.15) is 0 Å². The minimum atomic E-state index is -5.13. The van der Waals surface area contributed by atoms with Gasteiger partial charge in [-0.25, -0.2) is 4.90 Å². The molecule has 0 spiro atoms. The fraction of sp³-hybridized carbons (Fsp3) is 0.370. The van der Waals surface area contributed by atoms with Gasteiger partial charge >= 0.3 is 12.4 Å². The second kappa shape index (κ2) is 9.36. The van der Waals surface area contributed by atoms with Gasteiger partial charge in [0, 0.05) is 16.5 Å². The number of hydrogen-bond donors (Lipinski definition) is 0. The third-order valence-corrected chi connectivity index (χ3v) is 8.07. The van der Waals surface area contributed by atoms with Crippen LogP contribution < -0.4 is 4.90 Å². The van der Waals surface area contributed by atoms with Crippen molar-refractivity contribution in [3.63, 3.8) is 0 Å². The Morgan fingerprint density at radius 1 is 0.921 bits per heavy atom. The summed E-state index contributed by atoms with van der Waals surface area (Å²) in [4.78, 5) is 40.8. The fourth-order valence-corrected chi connectivity index (χ4v) is 6.38. The summed E-state index contributed by atoms with van der Waals surface area (Å²) in [5.41, 5.74) is -2.71. The maximum atomic E-state index is 13.6. The van der Waals surface area contributed by atoms with Crippen LogP contribution in [0.15, 0.2) is 58.6 Å². The Hall–Kier alpha value is -2.95. The Kier molecular flexibility index (Phi) is 6.56. The topological polar surface area (TPSA) is 54.5 Å². The van der Waals surface area contributed by atoms with Gasteiger partial charge in [-0.2, -0.15) is 26.3 Å². The number of hydrogen-bond acceptors (Lipinski definition) is 3. The van der Waals surface area contributed by atoms with E-state index in [0.29, 0.717) is 39.9 Å². The number of benzene rings is 2. The van der Waals surface area contributed by atoms with Crippen molar-refractivity contribution in [2.24, 2.45) is 23.7 Å². The van der Waals surface area contributed by atoms with Crippen molar-refractivity contribution in [3.8, 4) is 0 Å². The van der Waals surface area contributed by atoms with Crippen LogP contribution in [0.3, 0.4) is 0 Å². The second-order valence-corrected chi connectivity index (χ2v) is 10.8. The van der Waals surface area contributed by atoms with E-state index in [4.69, 9.17) is 0 Å². The molecule has 200 valence electrons. The Morgan fingerprint density at radius 2 is 1.55 bits per heavy atom. The van der Waals surface area contributed by atoms with Gasteiger partial charge in [-0.05, 0) is 61.4 Å². The van der Waals surface area contributed by atoms with Crippen molar-refractivity contribution >= 4 is 39.2 Å². The summed E-state index contributed by atoms with van der Waals surface area (Å²) in [6, 6.07) is 7.37. The number of fused-ring (bicyclic) bond motifs is 3. The van der Waals surface area contributed by atoms with Gasteiger partial charge in [0.15, 0.2) is 5.78 Å². The molecule has 2 fully saturated rings. The molecule has 0 N–H and O–H groups in total. The van der Waals surface area contributed by atoms with E-state index in [1.807, 2.05) is 6.08 Å². The number of rotatable bonds is 4. The molecule has 3 aliphatic rings. The Labute approximate surface area is 221 Å². The van der Waals surface area contributed by atoms with Gasteiger partial charge in [-0.15, -0.1) is 0 Å². The largest absolute Gasteiger partial charge is 0.416 e. The Morgan fingerprint density at radius 3 is 2.16 bits per heavy atom. The summed E-state index contributed by atoms with van der Waals surface area (Å²) in [6.07, 6.45) is -6.62. The third kappa shape index (κ3) is 4.69. The number of anilines is 1. The number of carbonyl (C=O) groups excluding carboxylic acids is 3. The summed E-state index contributed by atoms with van der Waals surface area (Å²) in [6.45, 7) is 0. The van der Waals surface area contributed by atoms with E-state index in [1.165, 1.54) is 0 Å². The van der Waals surface area contributed by atoms with E-state index in [9.17, 15) is 40.7 Å². The highest BCUT2D eigenvalue weighted by Gasteiger charge is 2.57. The normalized spacial score (nSPS) is 25.3. The number of imide groups is 1. The van der Waals surface area contributed by atoms with Gasteiger partial charge in [-0.3, -0.25) is 14.4 Å². The van der Waals surface area contributed by atoms with Crippen LogP contribution in [0.2, 0.25) is 0 Å². The zero-order chi connectivity index (χ0) is 27.6. The van der Waals surface area contributed by atoms with Crippen LogP contribution in [0.25, 0.3) is 0 Å². The maximum Gasteiger partial charge on any atom is 0.416 e. The van der Waals surface area contributed by atoms with Gasteiger partial charge in [0.25, 0.3) is 0 Å². The highest BCUT2D eigenvalue weighted by molar-refractivity contribution is 9.10. The predicted molar refractivity (Wildman–Crippen MR) is 128 cm³/mol. The zero-order valence-electron chi connectivity index (χ0n) is 19.6. The van der Waals surface area contributed by atoms with E-state index >= 15 is 0 Å². The number of alkyl halides is 6. The number of amides is 2. The third-order valence-electron chi connectivity index (χ3n) is 7.58. The first-order valence-electron chi connectivity index (χ1n) is 11.9. The van der Waals surface area contributed by atoms with E-state index in [2.05, 4.69) is 15.9 Å². The molecular weight excluding hydrogens is 580 g/mol. The molecule has 4 atom stereocenters. The van der Waals surface area contributed by atoms with Crippen molar-refractivity contribution in [1.29, 1.82) is 0 Å². The van der Waals surface area contributed by atoms with E-state index in [-0.39, 0.29) is 24.2 Å². The average molecular weight is 600 g/mol. The van der Waals surface area contributed by atoms with Gasteiger partial charge in [0.05, 0.1) is 28.7 Å². The highest BCUT2D eigenvalue weighted by atomic mass is 79.9. The molecule has 2 amide bonds. The molecule has 5 rings (SSSR count). The number of allylic oxidation sites excluding steroid dienone is 2. The molecule has 2 aromatic rings. The van der Waals surface area contributed by atoms with Crippen LogP contribution in [0.4, 0.5) is 32.0 Å². The molecule has 11 heteroatoms. The summed E-state index contributed by atoms with van der Waals surface area (Å²) in [5, 5.41) is 0. The van der Waals surface area contributed by atoms with Crippen molar-refractivity contribution < 1.29 is 40.7 Å². The van der Waals surface area contributed by atoms with Crippen LogP contribution in [0, 0.1) is 23.7 Å². The van der Waals surface area contributed by atoms with Crippen LogP contribution in [-0.4, -0.2) is 17.6 Å². The van der Waals surface area contributed by atoms with Crippen molar-refractivity contribution in [2.45, 2.75) is 38.0 Å². The first kappa shape index (κ1) is 26.6. The number of carbonyl (C=O) groups is 3. The lowest BCUT2D eigenvalue weighted by Gasteiger charge is -2.33. The number of halogens is 7. The molecule has 38 heavy (non-hydrogen) atoms. The fourth-order valence-electron chi connectivity index (χ4n) is 5.98. The first-order chi connectivity index (χ1) is 17.8. The Bertz CT molecular complexity index is 1330. The molecule has 2 unspecified atom stereocenters. The number of nitrogens with zero attached hydrogens (tertiary/aromatic N) is 1. The standard InChI is InChI=1S/C27H20BrF6NO3/c28-18-5-1-4-14(8-18)21(36)9-15-7-13-3-2-6-20(13)23-22(15)24(37)35(25(23)38)19-11-16(26(29,30)31)10-17(12-19)27(32,33)34/h1,4-5,7-8,10-12,15,20,22-23H,2-3,6,9H2/t15-,20-,22?,23?/m1/s1. The average Bonchev–Trinajstić information content (AvgIpc) is 3.39. The lowest BCUT2D eigenvalue weighted by atomic mass is 9.67. The molecule has 0 radical (unpaired) electrons. The van der Waals surface area contributed by atoms with Crippen molar-refractivity contribution in [3.05, 3.63) is 75.3 Å². The molecule has 1 aliphatic heterocycles. The van der Waals surface area contributed by atoms with E-state index in [1.54, 1.807) is 24.3 Å². The summed E-state index contributed by atoms with van der Waals surface area (Å²) < 4.78 is 81.5. The van der Waals surface area contributed by atoms with Crippen LogP contribution >= 0.6 is 15.9 Å². The van der Waals surface area contributed by atoms with E-state index in [0.717, 1.165) is 12.0 Å². The minimum absolute atomic E-state index is 0.0440. The molecule has 0 aromatic heterocycles. The van der Waals surface area contributed by atoms with Crippen LogP contribution in [0.5, 0.6) is 0 Å². The quantitative estimate of drug-likeness (QED) is 0.161. The van der Waals surface area contributed by atoms with Gasteiger partial charge < -0.3 is 0 Å². The molecule has 2 aliphatic carbocycles. The van der Waals surface area contributed by atoms with Crippen LogP contribution in [-0.2, 0) is 21.9 Å². The maximum absolute atomic E-state index is 13.6. The van der Waals surface area contributed by atoms with Crippen molar-refractivity contribution in [1.82, 2.24) is 0 Å². The molecule has 1 saturated heterocycles. The lowest BCUT2D eigenvalue weighted by molar-refractivity contribution is -0.143. The Balaban J connectivity index is 1.56. The molecule has 1 heterocycles. The molecular formula is C27H20BrF6NO3. The molecule has 1 saturated carbocycles. The van der Waals surface area contributed by atoms with E-state index < -0.39 is 58.7 Å². The summed E-state index contributed by atoms with van der Waals surface area (Å²) >= 11 is 3.30. The first-order valence-corrected chi connectivity index (χ1v) is 12.7.